The summed E-state index contributed by atoms with van der Waals surface area (Å²) in [5.41, 5.74) is 7.71. The van der Waals surface area contributed by atoms with Crippen molar-refractivity contribution in [1.29, 1.82) is 0 Å². The highest BCUT2D eigenvalue weighted by atomic mass is 32.1. The van der Waals surface area contributed by atoms with Crippen molar-refractivity contribution in [2.24, 2.45) is 0 Å². The van der Waals surface area contributed by atoms with Gasteiger partial charge in [0.1, 0.15) is 5.01 Å². The van der Waals surface area contributed by atoms with E-state index in [1.165, 1.54) is 11.3 Å². The molecule has 5 nitrogen and oxygen atoms in total. The fourth-order valence-electron chi connectivity index (χ4n) is 2.34. The smallest absolute Gasteiger partial charge is 0.234 e. The number of rotatable bonds is 4. The summed E-state index contributed by atoms with van der Waals surface area (Å²) >= 11 is 1.52. The number of para-hydroxylation sites is 1. The standard InChI is InChI=1S/C14H17N5S/c1-3-9(4-2)12-16-17-14-19(12)18-13(20-14)10-7-5-6-8-11(10)15/h5-9H,3-4,15H2,1-2H3. The number of fused-ring (bicyclic) bond motifs is 1. The number of benzene rings is 1. The number of nitrogens with two attached hydrogens (primary N) is 1. The Labute approximate surface area is 121 Å². The minimum atomic E-state index is 0.396. The Hall–Kier alpha value is -1.95. The van der Waals surface area contributed by atoms with Crippen LogP contribution in [-0.2, 0) is 0 Å². The van der Waals surface area contributed by atoms with Gasteiger partial charge in [-0.05, 0) is 25.0 Å². The third kappa shape index (κ3) is 2.06. The molecular formula is C14H17N5S. The molecule has 0 saturated heterocycles. The van der Waals surface area contributed by atoms with Crippen LogP contribution in [0.2, 0.25) is 0 Å². The first-order chi connectivity index (χ1) is 9.74. The molecule has 0 amide bonds. The summed E-state index contributed by atoms with van der Waals surface area (Å²) in [4.78, 5) is 0.824. The number of hydrogen-bond donors (Lipinski definition) is 1. The third-order valence-corrected chi connectivity index (χ3v) is 4.49. The van der Waals surface area contributed by atoms with Gasteiger partial charge in [0.15, 0.2) is 5.82 Å². The summed E-state index contributed by atoms with van der Waals surface area (Å²) in [5.74, 6) is 1.34. The van der Waals surface area contributed by atoms with Crippen LogP contribution in [0.1, 0.15) is 38.4 Å². The van der Waals surface area contributed by atoms with Crippen LogP contribution in [0.4, 0.5) is 5.69 Å². The average molecular weight is 287 g/mol. The highest BCUT2D eigenvalue weighted by molar-refractivity contribution is 7.19. The van der Waals surface area contributed by atoms with Gasteiger partial charge in [-0.3, -0.25) is 0 Å². The van der Waals surface area contributed by atoms with Crippen LogP contribution in [0.5, 0.6) is 0 Å². The molecule has 0 radical (unpaired) electrons. The first kappa shape index (κ1) is 13.1. The highest BCUT2D eigenvalue weighted by Gasteiger charge is 2.19. The molecule has 2 N–H and O–H groups in total. The predicted molar refractivity (Wildman–Crippen MR) is 81.8 cm³/mol. The third-order valence-electron chi connectivity index (χ3n) is 3.56. The van der Waals surface area contributed by atoms with E-state index in [0.717, 1.165) is 39.9 Å². The van der Waals surface area contributed by atoms with E-state index in [9.17, 15) is 0 Å². The lowest BCUT2D eigenvalue weighted by Gasteiger charge is -2.07. The molecule has 20 heavy (non-hydrogen) atoms. The van der Waals surface area contributed by atoms with Gasteiger partial charge < -0.3 is 5.73 Å². The highest BCUT2D eigenvalue weighted by Crippen LogP contribution is 2.31. The SMILES string of the molecule is CCC(CC)c1nnc2sc(-c3ccccc3N)nn12. The molecule has 3 aromatic rings. The van der Waals surface area contributed by atoms with Gasteiger partial charge in [-0.2, -0.15) is 9.61 Å². The maximum atomic E-state index is 6.01. The summed E-state index contributed by atoms with van der Waals surface area (Å²) in [6, 6.07) is 7.77. The van der Waals surface area contributed by atoms with Crippen molar-refractivity contribution in [2.45, 2.75) is 32.6 Å². The molecule has 0 aliphatic heterocycles. The van der Waals surface area contributed by atoms with Crippen molar-refractivity contribution in [3.63, 3.8) is 0 Å². The van der Waals surface area contributed by atoms with Gasteiger partial charge in [0.2, 0.25) is 4.96 Å². The summed E-state index contributed by atoms with van der Waals surface area (Å²) in [6.07, 6.45) is 2.08. The monoisotopic (exact) mass is 287 g/mol. The first-order valence-electron chi connectivity index (χ1n) is 6.81. The second kappa shape index (κ2) is 5.20. The van der Waals surface area contributed by atoms with Crippen LogP contribution in [0.3, 0.4) is 0 Å². The lowest BCUT2D eigenvalue weighted by atomic mass is 10.0. The largest absolute Gasteiger partial charge is 0.398 e. The van der Waals surface area contributed by atoms with Gasteiger partial charge in [-0.25, -0.2) is 0 Å². The molecular weight excluding hydrogens is 270 g/mol. The first-order valence-corrected chi connectivity index (χ1v) is 7.63. The van der Waals surface area contributed by atoms with Gasteiger partial charge in [-0.1, -0.05) is 37.3 Å². The number of nitrogens with zero attached hydrogens (tertiary/aromatic N) is 4. The molecule has 1 aromatic carbocycles. The van der Waals surface area contributed by atoms with Crippen molar-refractivity contribution >= 4 is 22.0 Å². The van der Waals surface area contributed by atoms with Crippen LogP contribution in [0, 0.1) is 0 Å². The van der Waals surface area contributed by atoms with Crippen molar-refractivity contribution in [1.82, 2.24) is 19.8 Å². The van der Waals surface area contributed by atoms with Crippen LogP contribution < -0.4 is 5.73 Å². The van der Waals surface area contributed by atoms with Gasteiger partial charge in [0.05, 0.1) is 0 Å². The Bertz CT molecular complexity index is 726. The zero-order valence-electron chi connectivity index (χ0n) is 11.6. The van der Waals surface area contributed by atoms with Crippen LogP contribution in [0.15, 0.2) is 24.3 Å². The summed E-state index contributed by atoms with van der Waals surface area (Å²) in [6.45, 7) is 4.33. The van der Waals surface area contributed by atoms with E-state index >= 15 is 0 Å². The fourth-order valence-corrected chi connectivity index (χ4v) is 3.23. The molecule has 104 valence electrons. The van der Waals surface area contributed by atoms with Crippen LogP contribution >= 0.6 is 11.3 Å². The molecule has 2 heterocycles. The van der Waals surface area contributed by atoms with E-state index in [2.05, 4.69) is 29.1 Å². The van der Waals surface area contributed by atoms with E-state index in [0.29, 0.717) is 5.92 Å². The number of nitrogen functional groups attached to an aromatic ring is 1. The predicted octanol–water partition coefficient (Wildman–Crippen LogP) is 3.34. The molecule has 0 spiro atoms. The fraction of sp³-hybridized carbons (Fsp3) is 0.357. The summed E-state index contributed by atoms with van der Waals surface area (Å²) < 4.78 is 1.87. The minimum Gasteiger partial charge on any atom is -0.398 e. The van der Waals surface area contributed by atoms with E-state index in [1.807, 2.05) is 28.8 Å². The Morgan fingerprint density at radius 2 is 1.95 bits per heavy atom. The van der Waals surface area contributed by atoms with Crippen molar-refractivity contribution < 1.29 is 0 Å². The normalized spacial score (nSPS) is 11.6. The molecule has 0 saturated carbocycles. The second-order valence-electron chi connectivity index (χ2n) is 4.76. The van der Waals surface area contributed by atoms with Crippen LogP contribution in [-0.4, -0.2) is 19.8 Å². The van der Waals surface area contributed by atoms with Crippen molar-refractivity contribution in [3.8, 4) is 10.6 Å². The van der Waals surface area contributed by atoms with E-state index in [4.69, 9.17) is 5.73 Å². The Kier molecular flexibility index (Phi) is 3.40. The van der Waals surface area contributed by atoms with E-state index < -0.39 is 0 Å². The lowest BCUT2D eigenvalue weighted by Crippen LogP contribution is -2.03. The number of hydrogen-bond acceptors (Lipinski definition) is 5. The molecule has 0 atom stereocenters. The Morgan fingerprint density at radius 1 is 1.20 bits per heavy atom. The zero-order chi connectivity index (χ0) is 14.1. The summed E-state index contributed by atoms with van der Waals surface area (Å²) in [7, 11) is 0. The van der Waals surface area contributed by atoms with E-state index in [-0.39, 0.29) is 0 Å². The molecule has 6 heteroatoms. The van der Waals surface area contributed by atoms with Gasteiger partial charge in [0.25, 0.3) is 0 Å². The number of aromatic nitrogens is 4. The molecule has 0 fully saturated rings. The Morgan fingerprint density at radius 3 is 2.65 bits per heavy atom. The van der Waals surface area contributed by atoms with Crippen molar-refractivity contribution in [2.75, 3.05) is 5.73 Å². The molecule has 0 aliphatic rings. The van der Waals surface area contributed by atoms with Crippen LogP contribution in [0.25, 0.3) is 15.5 Å². The molecule has 0 bridgehead atoms. The molecule has 0 aliphatic carbocycles. The topological polar surface area (TPSA) is 69.1 Å². The minimum absolute atomic E-state index is 0.396. The maximum absolute atomic E-state index is 6.01. The summed E-state index contributed by atoms with van der Waals surface area (Å²) in [5, 5.41) is 14.1. The molecule has 2 aromatic heterocycles. The van der Waals surface area contributed by atoms with E-state index in [1.54, 1.807) is 0 Å². The second-order valence-corrected chi connectivity index (χ2v) is 5.72. The zero-order valence-corrected chi connectivity index (χ0v) is 12.4. The quantitative estimate of drug-likeness (QED) is 0.747. The molecule has 0 unspecified atom stereocenters. The number of anilines is 1. The molecule has 3 rings (SSSR count). The van der Waals surface area contributed by atoms with Crippen molar-refractivity contribution in [3.05, 3.63) is 30.1 Å². The van der Waals surface area contributed by atoms with Gasteiger partial charge >= 0.3 is 0 Å². The van der Waals surface area contributed by atoms with Gasteiger partial charge in [-0.15, -0.1) is 10.2 Å². The van der Waals surface area contributed by atoms with Gasteiger partial charge in [0, 0.05) is 17.2 Å². The Balaban J connectivity index is 2.10. The maximum Gasteiger partial charge on any atom is 0.234 e. The lowest BCUT2D eigenvalue weighted by molar-refractivity contribution is 0.584. The average Bonchev–Trinajstić information content (AvgIpc) is 3.02.